The number of aromatic nitrogens is 2. The zero-order chi connectivity index (χ0) is 10.4. The van der Waals surface area contributed by atoms with Gasteiger partial charge in [-0.15, -0.1) is 10.2 Å². The second-order valence-corrected chi connectivity index (χ2v) is 4.56. The summed E-state index contributed by atoms with van der Waals surface area (Å²) in [6, 6.07) is -0.520. The van der Waals surface area contributed by atoms with Gasteiger partial charge in [0.25, 0.3) is 0 Å². The number of rotatable bonds is 6. The van der Waals surface area contributed by atoms with Crippen molar-refractivity contribution >= 4 is 29.1 Å². The zero-order valence-electron chi connectivity index (χ0n) is 7.64. The molecule has 0 aliphatic rings. The Bertz CT molecular complexity index is 278. The normalized spacial score (nSPS) is 12.6. The summed E-state index contributed by atoms with van der Waals surface area (Å²) < 4.78 is 0.800. The van der Waals surface area contributed by atoms with Crippen molar-refractivity contribution in [3.8, 4) is 0 Å². The number of hydrogen-bond acceptors (Lipinski definition) is 6. The van der Waals surface area contributed by atoms with Crippen molar-refractivity contribution in [3.05, 3.63) is 5.51 Å². The van der Waals surface area contributed by atoms with Gasteiger partial charge < -0.3 is 10.4 Å². The molecular formula is C7H11N3O2S2. The van der Waals surface area contributed by atoms with Crippen LogP contribution in [-0.2, 0) is 4.79 Å². The van der Waals surface area contributed by atoms with Gasteiger partial charge in [0.1, 0.15) is 11.6 Å². The van der Waals surface area contributed by atoms with Crippen molar-refractivity contribution in [1.82, 2.24) is 15.5 Å². The highest BCUT2D eigenvalue weighted by Crippen LogP contribution is 2.19. The molecule has 0 amide bonds. The zero-order valence-corrected chi connectivity index (χ0v) is 9.27. The fraction of sp³-hybridized carbons (Fsp3) is 0.571. The highest BCUT2D eigenvalue weighted by molar-refractivity contribution is 8.01. The Morgan fingerprint density at radius 3 is 3.14 bits per heavy atom. The van der Waals surface area contributed by atoms with E-state index in [1.54, 1.807) is 5.51 Å². The van der Waals surface area contributed by atoms with Crippen molar-refractivity contribution in [2.45, 2.75) is 17.3 Å². The molecule has 0 aliphatic heterocycles. The lowest BCUT2D eigenvalue weighted by atomic mass is 10.3. The molecule has 78 valence electrons. The van der Waals surface area contributed by atoms with Gasteiger partial charge in [-0.25, -0.2) is 0 Å². The standard InChI is InChI=1S/C7H11N3O2S2/c1-2-8-5(6(11)12)3-13-7-10-9-4-14-7/h4-5,8H,2-3H2,1H3,(H,11,12). The molecule has 1 rings (SSSR count). The SMILES string of the molecule is CCNC(CSc1nncs1)C(=O)O. The molecule has 1 unspecified atom stereocenters. The highest BCUT2D eigenvalue weighted by Gasteiger charge is 2.16. The number of carboxylic acid groups (broad SMARTS) is 1. The highest BCUT2D eigenvalue weighted by atomic mass is 32.2. The van der Waals surface area contributed by atoms with Gasteiger partial charge in [0, 0.05) is 5.75 Å². The van der Waals surface area contributed by atoms with E-state index in [1.807, 2.05) is 6.92 Å². The van der Waals surface area contributed by atoms with Crippen molar-refractivity contribution in [3.63, 3.8) is 0 Å². The van der Waals surface area contributed by atoms with Gasteiger partial charge in [-0.1, -0.05) is 30.0 Å². The third-order valence-corrected chi connectivity index (χ3v) is 3.42. The maximum Gasteiger partial charge on any atom is 0.321 e. The summed E-state index contributed by atoms with van der Waals surface area (Å²) in [6.07, 6.45) is 0. The van der Waals surface area contributed by atoms with E-state index >= 15 is 0 Å². The molecular weight excluding hydrogens is 222 g/mol. The van der Waals surface area contributed by atoms with Crippen LogP contribution in [0.1, 0.15) is 6.92 Å². The van der Waals surface area contributed by atoms with Gasteiger partial charge in [-0.05, 0) is 6.54 Å². The number of nitrogens with zero attached hydrogens (tertiary/aromatic N) is 2. The summed E-state index contributed by atoms with van der Waals surface area (Å²) in [4.78, 5) is 10.7. The van der Waals surface area contributed by atoms with Crippen LogP contribution in [0.25, 0.3) is 0 Å². The van der Waals surface area contributed by atoms with Gasteiger partial charge >= 0.3 is 5.97 Å². The molecule has 0 spiro atoms. The maximum absolute atomic E-state index is 10.7. The molecule has 0 saturated heterocycles. The van der Waals surface area contributed by atoms with Crippen LogP contribution in [0.5, 0.6) is 0 Å². The molecule has 2 N–H and O–H groups in total. The minimum Gasteiger partial charge on any atom is -0.480 e. The molecule has 1 atom stereocenters. The van der Waals surface area contributed by atoms with Crippen LogP contribution in [0.2, 0.25) is 0 Å². The van der Waals surface area contributed by atoms with Gasteiger partial charge in [-0.3, -0.25) is 4.79 Å². The number of likely N-dealkylation sites (N-methyl/N-ethyl adjacent to an activating group) is 1. The van der Waals surface area contributed by atoms with Gasteiger partial charge in [0.2, 0.25) is 0 Å². The number of carboxylic acids is 1. The smallest absolute Gasteiger partial charge is 0.321 e. The van der Waals surface area contributed by atoms with Crippen LogP contribution in [0, 0.1) is 0 Å². The summed E-state index contributed by atoms with van der Waals surface area (Å²) in [5.74, 6) is -0.359. The Kier molecular flexibility index (Phi) is 4.85. The minimum atomic E-state index is -0.830. The van der Waals surface area contributed by atoms with Crippen LogP contribution < -0.4 is 5.32 Å². The summed E-state index contributed by atoms with van der Waals surface area (Å²) >= 11 is 2.82. The Hall–Kier alpha value is -0.660. The number of aliphatic carboxylic acids is 1. The third-order valence-electron chi connectivity index (χ3n) is 1.46. The summed E-state index contributed by atoms with van der Waals surface area (Å²) in [6.45, 7) is 2.53. The Morgan fingerprint density at radius 1 is 1.86 bits per heavy atom. The average molecular weight is 233 g/mol. The van der Waals surface area contributed by atoms with Crippen molar-refractivity contribution < 1.29 is 9.90 Å². The fourth-order valence-corrected chi connectivity index (χ4v) is 2.40. The van der Waals surface area contributed by atoms with E-state index in [4.69, 9.17) is 5.11 Å². The first kappa shape index (κ1) is 11.4. The Morgan fingerprint density at radius 2 is 2.64 bits per heavy atom. The summed E-state index contributed by atoms with van der Waals surface area (Å²) in [5, 5.41) is 19.2. The lowest BCUT2D eigenvalue weighted by molar-refractivity contribution is -0.138. The molecule has 0 saturated carbocycles. The molecule has 0 aliphatic carbocycles. The first-order valence-electron chi connectivity index (χ1n) is 4.09. The van der Waals surface area contributed by atoms with Crippen LogP contribution in [0.3, 0.4) is 0 Å². The maximum atomic E-state index is 10.7. The van der Waals surface area contributed by atoms with E-state index in [0.29, 0.717) is 12.3 Å². The predicted molar refractivity (Wildman–Crippen MR) is 55.7 cm³/mol. The number of thioether (sulfide) groups is 1. The topological polar surface area (TPSA) is 75.1 Å². The van der Waals surface area contributed by atoms with Crippen LogP contribution in [0.4, 0.5) is 0 Å². The average Bonchev–Trinajstić information content (AvgIpc) is 2.64. The van der Waals surface area contributed by atoms with E-state index in [-0.39, 0.29) is 0 Å². The quantitative estimate of drug-likeness (QED) is 0.704. The van der Waals surface area contributed by atoms with E-state index in [1.165, 1.54) is 23.1 Å². The molecule has 0 bridgehead atoms. The Labute approximate surface area is 89.9 Å². The summed E-state index contributed by atoms with van der Waals surface area (Å²) in [7, 11) is 0. The Balaban J connectivity index is 2.37. The molecule has 0 radical (unpaired) electrons. The second kappa shape index (κ2) is 5.94. The monoisotopic (exact) mass is 233 g/mol. The van der Waals surface area contributed by atoms with Crippen LogP contribution >= 0.6 is 23.1 Å². The first-order chi connectivity index (χ1) is 6.74. The fourth-order valence-electron chi connectivity index (χ4n) is 0.844. The molecule has 0 aromatic carbocycles. The van der Waals surface area contributed by atoms with Crippen LogP contribution in [-0.4, -0.2) is 39.6 Å². The number of nitrogens with one attached hydrogen (secondary N) is 1. The molecule has 5 nitrogen and oxygen atoms in total. The largest absolute Gasteiger partial charge is 0.480 e. The molecule has 1 heterocycles. The second-order valence-electron chi connectivity index (χ2n) is 2.46. The summed E-state index contributed by atoms with van der Waals surface area (Å²) in [5.41, 5.74) is 1.63. The van der Waals surface area contributed by atoms with E-state index in [9.17, 15) is 4.79 Å². The number of hydrogen-bond donors (Lipinski definition) is 2. The molecule has 1 aromatic heterocycles. The van der Waals surface area contributed by atoms with Crippen molar-refractivity contribution in [2.75, 3.05) is 12.3 Å². The van der Waals surface area contributed by atoms with Gasteiger partial charge in [0.15, 0.2) is 4.34 Å². The molecule has 14 heavy (non-hydrogen) atoms. The first-order valence-corrected chi connectivity index (χ1v) is 5.95. The van der Waals surface area contributed by atoms with E-state index < -0.39 is 12.0 Å². The van der Waals surface area contributed by atoms with E-state index in [2.05, 4.69) is 15.5 Å². The predicted octanol–water partition coefficient (Wildman–Crippen LogP) is 0.693. The van der Waals surface area contributed by atoms with Crippen molar-refractivity contribution in [1.29, 1.82) is 0 Å². The molecule has 0 fully saturated rings. The number of carbonyl (C=O) groups is 1. The van der Waals surface area contributed by atoms with Crippen LogP contribution in [0.15, 0.2) is 9.85 Å². The van der Waals surface area contributed by atoms with E-state index in [0.717, 1.165) is 4.34 Å². The van der Waals surface area contributed by atoms with Gasteiger partial charge in [0.05, 0.1) is 0 Å². The molecule has 7 heteroatoms. The minimum absolute atomic E-state index is 0.471. The molecule has 1 aromatic rings. The van der Waals surface area contributed by atoms with Crippen molar-refractivity contribution in [2.24, 2.45) is 0 Å². The lowest BCUT2D eigenvalue weighted by Gasteiger charge is -2.10. The third kappa shape index (κ3) is 3.60. The lowest BCUT2D eigenvalue weighted by Crippen LogP contribution is -2.38. The van der Waals surface area contributed by atoms with Gasteiger partial charge in [-0.2, -0.15) is 0 Å².